The van der Waals surface area contributed by atoms with E-state index in [1.54, 1.807) is 4.90 Å². The monoisotopic (exact) mass is 218 g/mol. The Bertz CT molecular complexity index is 454. The van der Waals surface area contributed by atoms with E-state index in [0.717, 1.165) is 16.8 Å². The highest BCUT2D eigenvalue weighted by atomic mass is 16.2. The first-order valence-corrected chi connectivity index (χ1v) is 5.26. The Morgan fingerprint density at radius 3 is 2.75 bits per heavy atom. The number of amides is 2. The van der Waals surface area contributed by atoms with E-state index in [9.17, 15) is 9.59 Å². The van der Waals surface area contributed by atoms with Gasteiger partial charge in [-0.05, 0) is 31.0 Å². The molecule has 1 N–H and O–H groups in total. The normalized spacial score (nSPS) is 16.2. The van der Waals surface area contributed by atoms with Crippen LogP contribution in [0.4, 0.5) is 5.69 Å². The van der Waals surface area contributed by atoms with E-state index in [-0.39, 0.29) is 0 Å². The van der Waals surface area contributed by atoms with Gasteiger partial charge in [0.1, 0.15) is 0 Å². The molecule has 2 rings (SSSR count). The zero-order valence-electron chi connectivity index (χ0n) is 9.41. The Kier molecular flexibility index (Phi) is 2.64. The van der Waals surface area contributed by atoms with E-state index >= 15 is 0 Å². The molecule has 4 heteroatoms. The number of rotatable bonds is 1. The zero-order chi connectivity index (χ0) is 11.7. The molecule has 84 valence electrons. The molecule has 1 saturated heterocycles. The van der Waals surface area contributed by atoms with Crippen LogP contribution in [0.1, 0.15) is 11.1 Å². The van der Waals surface area contributed by atoms with Crippen LogP contribution in [-0.2, 0) is 9.59 Å². The Hall–Kier alpha value is -1.84. The fraction of sp³-hybridized carbons (Fsp3) is 0.333. The Labute approximate surface area is 94.2 Å². The third kappa shape index (κ3) is 1.78. The third-order valence-electron chi connectivity index (χ3n) is 2.72. The standard InChI is InChI=1S/C12H14N2O2/c1-8-3-4-9(2)10(7-8)14-6-5-13-11(15)12(14)16/h3-4,7H,5-6H2,1-2H3,(H,13,15). The minimum atomic E-state index is -0.521. The van der Waals surface area contributed by atoms with E-state index in [1.165, 1.54) is 0 Å². The molecule has 0 radical (unpaired) electrons. The first-order chi connectivity index (χ1) is 7.59. The number of nitrogens with one attached hydrogen (secondary N) is 1. The lowest BCUT2D eigenvalue weighted by atomic mass is 10.1. The van der Waals surface area contributed by atoms with Crippen LogP contribution in [0.3, 0.4) is 0 Å². The summed E-state index contributed by atoms with van der Waals surface area (Å²) in [6.07, 6.45) is 0. The van der Waals surface area contributed by atoms with E-state index in [0.29, 0.717) is 13.1 Å². The van der Waals surface area contributed by atoms with Crippen LogP contribution < -0.4 is 10.2 Å². The van der Waals surface area contributed by atoms with E-state index in [4.69, 9.17) is 0 Å². The number of nitrogens with zero attached hydrogens (tertiary/aromatic N) is 1. The van der Waals surface area contributed by atoms with Crippen molar-refractivity contribution >= 4 is 17.5 Å². The highest BCUT2D eigenvalue weighted by Crippen LogP contribution is 2.22. The summed E-state index contributed by atoms with van der Waals surface area (Å²) in [4.78, 5) is 24.5. The SMILES string of the molecule is Cc1ccc(C)c(N2CCNC(=O)C2=O)c1. The molecule has 0 atom stereocenters. The van der Waals surface area contributed by atoms with Crippen LogP contribution in [0.2, 0.25) is 0 Å². The van der Waals surface area contributed by atoms with E-state index < -0.39 is 11.8 Å². The molecule has 0 bridgehead atoms. The molecular weight excluding hydrogens is 204 g/mol. The number of anilines is 1. The summed E-state index contributed by atoms with van der Waals surface area (Å²) in [6, 6.07) is 5.89. The molecule has 1 aromatic rings. The van der Waals surface area contributed by atoms with Crippen molar-refractivity contribution in [2.75, 3.05) is 18.0 Å². The number of aryl methyl sites for hydroxylation is 2. The van der Waals surface area contributed by atoms with Crippen molar-refractivity contribution in [1.82, 2.24) is 5.32 Å². The van der Waals surface area contributed by atoms with Crippen molar-refractivity contribution in [1.29, 1.82) is 0 Å². The molecule has 0 saturated carbocycles. The van der Waals surface area contributed by atoms with Crippen LogP contribution >= 0.6 is 0 Å². The highest BCUT2D eigenvalue weighted by molar-refractivity contribution is 6.41. The van der Waals surface area contributed by atoms with Gasteiger partial charge in [0.05, 0.1) is 0 Å². The molecule has 0 unspecified atom stereocenters. The van der Waals surface area contributed by atoms with Crippen molar-refractivity contribution in [3.05, 3.63) is 29.3 Å². The average molecular weight is 218 g/mol. The lowest BCUT2D eigenvalue weighted by molar-refractivity contribution is -0.138. The van der Waals surface area contributed by atoms with E-state index in [1.807, 2.05) is 32.0 Å². The predicted molar refractivity (Wildman–Crippen MR) is 61.3 cm³/mol. The molecule has 4 nitrogen and oxygen atoms in total. The fourth-order valence-corrected chi connectivity index (χ4v) is 1.82. The highest BCUT2D eigenvalue weighted by Gasteiger charge is 2.27. The van der Waals surface area contributed by atoms with Crippen LogP contribution in [0.15, 0.2) is 18.2 Å². The van der Waals surface area contributed by atoms with Gasteiger partial charge in [-0.1, -0.05) is 12.1 Å². The molecule has 0 aliphatic carbocycles. The topological polar surface area (TPSA) is 49.4 Å². The summed E-state index contributed by atoms with van der Waals surface area (Å²) in [5, 5.41) is 2.54. The molecule has 1 fully saturated rings. The number of carbonyl (C=O) groups excluding carboxylic acids is 2. The van der Waals surface area contributed by atoms with Crippen LogP contribution in [0, 0.1) is 13.8 Å². The predicted octanol–water partition coefficient (Wildman–Crippen LogP) is 0.766. The molecule has 1 aliphatic heterocycles. The molecule has 1 heterocycles. The number of piperazine rings is 1. The molecule has 2 amide bonds. The largest absolute Gasteiger partial charge is 0.346 e. The summed E-state index contributed by atoms with van der Waals surface area (Å²) in [5.74, 6) is -0.993. The molecule has 0 aromatic heterocycles. The second-order valence-corrected chi connectivity index (χ2v) is 4.00. The maximum absolute atomic E-state index is 11.7. The Morgan fingerprint density at radius 2 is 2.00 bits per heavy atom. The summed E-state index contributed by atoms with van der Waals surface area (Å²) >= 11 is 0. The maximum atomic E-state index is 11.7. The van der Waals surface area contributed by atoms with Gasteiger partial charge >= 0.3 is 11.8 Å². The lowest BCUT2D eigenvalue weighted by Crippen LogP contribution is -2.52. The van der Waals surface area contributed by atoms with E-state index in [2.05, 4.69) is 5.32 Å². The minimum absolute atomic E-state index is 0.472. The van der Waals surface area contributed by atoms with Crippen molar-refractivity contribution in [2.24, 2.45) is 0 Å². The quantitative estimate of drug-likeness (QED) is 0.708. The number of benzene rings is 1. The van der Waals surface area contributed by atoms with Gasteiger partial charge in [0.15, 0.2) is 0 Å². The molecular formula is C12H14N2O2. The number of hydrogen-bond acceptors (Lipinski definition) is 2. The van der Waals surface area contributed by atoms with Gasteiger partial charge in [-0.15, -0.1) is 0 Å². The van der Waals surface area contributed by atoms with Crippen molar-refractivity contribution in [3.8, 4) is 0 Å². The summed E-state index contributed by atoms with van der Waals surface area (Å²) in [6.45, 7) is 4.96. The summed E-state index contributed by atoms with van der Waals surface area (Å²) in [5.41, 5.74) is 2.92. The van der Waals surface area contributed by atoms with Gasteiger partial charge in [-0.25, -0.2) is 0 Å². The van der Waals surface area contributed by atoms with Crippen LogP contribution in [-0.4, -0.2) is 24.9 Å². The van der Waals surface area contributed by atoms with Gasteiger partial charge in [0.25, 0.3) is 0 Å². The summed E-state index contributed by atoms with van der Waals surface area (Å²) < 4.78 is 0. The Balaban J connectivity index is 2.39. The van der Waals surface area contributed by atoms with Gasteiger partial charge in [-0.2, -0.15) is 0 Å². The van der Waals surface area contributed by atoms with Crippen molar-refractivity contribution < 1.29 is 9.59 Å². The molecule has 1 aliphatic rings. The number of hydrogen-bond donors (Lipinski definition) is 1. The van der Waals surface area contributed by atoms with Crippen LogP contribution in [0.5, 0.6) is 0 Å². The molecule has 16 heavy (non-hydrogen) atoms. The van der Waals surface area contributed by atoms with Gasteiger partial charge < -0.3 is 10.2 Å². The van der Waals surface area contributed by atoms with Gasteiger partial charge in [0.2, 0.25) is 0 Å². The molecule has 1 aromatic carbocycles. The minimum Gasteiger partial charge on any atom is -0.346 e. The fourth-order valence-electron chi connectivity index (χ4n) is 1.82. The van der Waals surface area contributed by atoms with Crippen LogP contribution in [0.25, 0.3) is 0 Å². The third-order valence-corrected chi connectivity index (χ3v) is 2.72. The summed E-state index contributed by atoms with van der Waals surface area (Å²) in [7, 11) is 0. The first-order valence-electron chi connectivity index (χ1n) is 5.26. The first kappa shape index (κ1) is 10.7. The van der Waals surface area contributed by atoms with Crippen molar-refractivity contribution in [2.45, 2.75) is 13.8 Å². The zero-order valence-corrected chi connectivity index (χ0v) is 9.41. The van der Waals surface area contributed by atoms with Crippen molar-refractivity contribution in [3.63, 3.8) is 0 Å². The second kappa shape index (κ2) is 3.96. The van der Waals surface area contributed by atoms with Gasteiger partial charge in [-0.3, -0.25) is 9.59 Å². The molecule has 0 spiro atoms. The maximum Gasteiger partial charge on any atom is 0.316 e. The second-order valence-electron chi connectivity index (χ2n) is 4.00. The lowest BCUT2D eigenvalue weighted by Gasteiger charge is -2.28. The van der Waals surface area contributed by atoms with Gasteiger partial charge in [0, 0.05) is 18.8 Å². The smallest absolute Gasteiger partial charge is 0.316 e. The Morgan fingerprint density at radius 1 is 1.25 bits per heavy atom. The average Bonchev–Trinajstić information content (AvgIpc) is 2.26. The number of carbonyl (C=O) groups is 2.